The third-order valence-corrected chi connectivity index (χ3v) is 2.34. The maximum absolute atomic E-state index is 11.4. The first-order valence-corrected chi connectivity index (χ1v) is 7.03. The Hall–Kier alpha value is -0.530. The van der Waals surface area contributed by atoms with E-state index < -0.39 is 0 Å². The number of nitrogens with one attached hydrogen (secondary N) is 3. The van der Waals surface area contributed by atoms with Gasteiger partial charge < -0.3 is 16.0 Å². The Morgan fingerprint density at radius 2 is 1.74 bits per heavy atom. The standard InChI is InChI=1S/C13H28N4O.HI/c1-4-7-10-16-13(14-6-3)17-11-8-12(18)15-9-5-2;/h4-11H2,1-3H3,(H,15,18)(H2,14,16,17);1H. The highest BCUT2D eigenvalue weighted by Gasteiger charge is 2.01. The van der Waals surface area contributed by atoms with Crippen LogP contribution in [0.25, 0.3) is 0 Å². The molecule has 3 N–H and O–H groups in total. The van der Waals surface area contributed by atoms with Crippen LogP contribution in [0.4, 0.5) is 0 Å². The van der Waals surface area contributed by atoms with Gasteiger partial charge in [-0.15, -0.1) is 24.0 Å². The van der Waals surface area contributed by atoms with Crippen LogP contribution in [0.3, 0.4) is 0 Å². The topological polar surface area (TPSA) is 65.5 Å². The minimum Gasteiger partial charge on any atom is -0.357 e. The molecule has 0 unspecified atom stereocenters. The van der Waals surface area contributed by atoms with Gasteiger partial charge in [-0.05, 0) is 19.8 Å². The summed E-state index contributed by atoms with van der Waals surface area (Å²) < 4.78 is 0. The zero-order valence-electron chi connectivity index (χ0n) is 12.4. The predicted octanol–water partition coefficient (Wildman–Crippen LogP) is 1.88. The lowest BCUT2D eigenvalue weighted by Crippen LogP contribution is -2.39. The van der Waals surface area contributed by atoms with E-state index in [-0.39, 0.29) is 29.9 Å². The molecule has 6 heteroatoms. The minimum absolute atomic E-state index is 0. The lowest BCUT2D eigenvalue weighted by Gasteiger charge is -2.11. The number of unbranched alkanes of at least 4 members (excludes halogenated alkanes) is 1. The Morgan fingerprint density at radius 1 is 1.00 bits per heavy atom. The van der Waals surface area contributed by atoms with E-state index in [1.54, 1.807) is 0 Å². The Morgan fingerprint density at radius 3 is 2.32 bits per heavy atom. The number of rotatable bonds is 9. The fraction of sp³-hybridized carbons (Fsp3) is 0.846. The van der Waals surface area contributed by atoms with Crippen molar-refractivity contribution in [2.75, 3.05) is 26.2 Å². The molecule has 19 heavy (non-hydrogen) atoms. The number of hydrogen-bond acceptors (Lipinski definition) is 2. The van der Waals surface area contributed by atoms with Gasteiger partial charge in [-0.2, -0.15) is 0 Å². The minimum atomic E-state index is 0. The summed E-state index contributed by atoms with van der Waals surface area (Å²) in [5.41, 5.74) is 0. The summed E-state index contributed by atoms with van der Waals surface area (Å²) in [6.07, 6.45) is 3.69. The quantitative estimate of drug-likeness (QED) is 0.246. The molecule has 0 bridgehead atoms. The average Bonchev–Trinajstić information content (AvgIpc) is 2.36. The molecule has 0 aliphatic rings. The zero-order chi connectivity index (χ0) is 13.6. The van der Waals surface area contributed by atoms with E-state index in [9.17, 15) is 4.79 Å². The van der Waals surface area contributed by atoms with E-state index in [0.29, 0.717) is 13.0 Å². The summed E-state index contributed by atoms with van der Waals surface area (Å²) in [4.78, 5) is 15.8. The molecule has 0 heterocycles. The second-order valence-electron chi connectivity index (χ2n) is 4.14. The molecule has 0 saturated carbocycles. The van der Waals surface area contributed by atoms with Crippen molar-refractivity contribution >= 4 is 35.8 Å². The molecule has 0 atom stereocenters. The van der Waals surface area contributed by atoms with Gasteiger partial charge in [0.25, 0.3) is 0 Å². The van der Waals surface area contributed by atoms with Crippen LogP contribution in [0, 0.1) is 0 Å². The van der Waals surface area contributed by atoms with Crippen molar-refractivity contribution in [3.05, 3.63) is 0 Å². The highest BCUT2D eigenvalue weighted by atomic mass is 127. The summed E-state index contributed by atoms with van der Waals surface area (Å²) in [7, 11) is 0. The smallest absolute Gasteiger partial charge is 0.221 e. The summed E-state index contributed by atoms with van der Waals surface area (Å²) in [5.74, 6) is 0.892. The molecule has 5 nitrogen and oxygen atoms in total. The van der Waals surface area contributed by atoms with Crippen molar-refractivity contribution in [1.29, 1.82) is 0 Å². The summed E-state index contributed by atoms with van der Waals surface area (Å²) in [6, 6.07) is 0. The van der Waals surface area contributed by atoms with E-state index in [4.69, 9.17) is 0 Å². The molecule has 114 valence electrons. The number of amides is 1. The first-order valence-electron chi connectivity index (χ1n) is 7.03. The molecule has 0 aliphatic heterocycles. The van der Waals surface area contributed by atoms with Crippen LogP contribution in [-0.2, 0) is 4.79 Å². The number of hydrogen-bond donors (Lipinski definition) is 3. The highest BCUT2D eigenvalue weighted by molar-refractivity contribution is 14.0. The Labute approximate surface area is 134 Å². The van der Waals surface area contributed by atoms with Crippen LogP contribution in [0.2, 0.25) is 0 Å². The van der Waals surface area contributed by atoms with Crippen LogP contribution in [-0.4, -0.2) is 38.0 Å². The van der Waals surface area contributed by atoms with Crippen molar-refractivity contribution in [2.45, 2.75) is 46.5 Å². The molecule has 0 radical (unpaired) electrons. The number of halogens is 1. The molecular formula is C13H29IN4O. The highest BCUT2D eigenvalue weighted by Crippen LogP contribution is 1.87. The van der Waals surface area contributed by atoms with Crippen LogP contribution in [0.1, 0.15) is 46.5 Å². The van der Waals surface area contributed by atoms with E-state index >= 15 is 0 Å². The summed E-state index contributed by atoms with van der Waals surface area (Å²) in [5, 5.41) is 9.18. The van der Waals surface area contributed by atoms with Gasteiger partial charge in [0.2, 0.25) is 5.91 Å². The number of guanidine groups is 1. The van der Waals surface area contributed by atoms with Crippen molar-refractivity contribution in [3.63, 3.8) is 0 Å². The van der Waals surface area contributed by atoms with Crippen molar-refractivity contribution in [1.82, 2.24) is 16.0 Å². The van der Waals surface area contributed by atoms with Crippen molar-refractivity contribution in [3.8, 4) is 0 Å². The fourth-order valence-electron chi connectivity index (χ4n) is 1.34. The van der Waals surface area contributed by atoms with Gasteiger partial charge in [0, 0.05) is 32.6 Å². The van der Waals surface area contributed by atoms with Crippen LogP contribution < -0.4 is 16.0 Å². The van der Waals surface area contributed by atoms with E-state index in [1.165, 1.54) is 0 Å². The first kappa shape index (κ1) is 20.8. The maximum Gasteiger partial charge on any atom is 0.221 e. The number of nitrogens with zero attached hydrogens (tertiary/aromatic N) is 1. The second-order valence-corrected chi connectivity index (χ2v) is 4.14. The van der Waals surface area contributed by atoms with E-state index in [2.05, 4.69) is 27.9 Å². The second kappa shape index (κ2) is 15.5. The number of carbonyl (C=O) groups is 1. The van der Waals surface area contributed by atoms with Crippen LogP contribution >= 0.6 is 24.0 Å². The molecule has 0 aromatic heterocycles. The Balaban J connectivity index is 0. The Kier molecular flexibility index (Phi) is 17.0. The molecular weight excluding hydrogens is 355 g/mol. The maximum atomic E-state index is 11.4. The molecule has 0 fully saturated rings. The summed E-state index contributed by atoms with van der Waals surface area (Å²) in [6.45, 7) is 9.26. The van der Waals surface area contributed by atoms with Gasteiger partial charge in [-0.1, -0.05) is 20.3 Å². The molecule has 0 aliphatic carbocycles. The monoisotopic (exact) mass is 384 g/mol. The van der Waals surface area contributed by atoms with Gasteiger partial charge >= 0.3 is 0 Å². The third kappa shape index (κ3) is 13.7. The van der Waals surface area contributed by atoms with E-state index in [1.807, 2.05) is 13.8 Å². The molecule has 0 saturated heterocycles. The zero-order valence-corrected chi connectivity index (χ0v) is 14.8. The molecule has 0 rings (SSSR count). The van der Waals surface area contributed by atoms with Crippen molar-refractivity contribution in [2.24, 2.45) is 4.99 Å². The lowest BCUT2D eigenvalue weighted by atomic mass is 10.3. The third-order valence-electron chi connectivity index (χ3n) is 2.34. The molecule has 0 spiro atoms. The van der Waals surface area contributed by atoms with Crippen LogP contribution in [0.5, 0.6) is 0 Å². The summed E-state index contributed by atoms with van der Waals surface area (Å²) >= 11 is 0. The van der Waals surface area contributed by atoms with Gasteiger partial charge in [0.05, 0.1) is 0 Å². The molecule has 1 amide bonds. The van der Waals surface area contributed by atoms with E-state index in [0.717, 1.165) is 44.9 Å². The number of aliphatic imine (C=N–C) groups is 1. The van der Waals surface area contributed by atoms with Gasteiger partial charge in [0.1, 0.15) is 0 Å². The average molecular weight is 384 g/mol. The SMILES string of the molecule is CCCCN=C(NCC)NCCC(=O)NCCC.I. The normalized spacial score (nSPS) is 10.6. The fourth-order valence-corrected chi connectivity index (χ4v) is 1.34. The molecule has 0 aromatic rings. The lowest BCUT2D eigenvalue weighted by molar-refractivity contribution is -0.120. The first-order chi connectivity index (χ1) is 8.74. The predicted molar refractivity (Wildman–Crippen MR) is 92.2 cm³/mol. The molecule has 0 aromatic carbocycles. The van der Waals surface area contributed by atoms with Gasteiger partial charge in [0.15, 0.2) is 5.96 Å². The van der Waals surface area contributed by atoms with Gasteiger partial charge in [-0.3, -0.25) is 9.79 Å². The van der Waals surface area contributed by atoms with Crippen LogP contribution in [0.15, 0.2) is 4.99 Å². The largest absolute Gasteiger partial charge is 0.357 e. The Bertz CT molecular complexity index is 247. The number of carbonyl (C=O) groups excluding carboxylic acids is 1. The van der Waals surface area contributed by atoms with Gasteiger partial charge in [-0.25, -0.2) is 0 Å². The van der Waals surface area contributed by atoms with Crippen molar-refractivity contribution < 1.29 is 4.79 Å².